The van der Waals surface area contributed by atoms with Crippen molar-refractivity contribution in [2.45, 2.75) is 51.2 Å². The lowest BCUT2D eigenvalue weighted by atomic mass is 10.0. The normalized spacial score (nSPS) is 21.6. The van der Waals surface area contributed by atoms with Crippen molar-refractivity contribution in [3.05, 3.63) is 35.4 Å². The van der Waals surface area contributed by atoms with Gasteiger partial charge in [0.2, 0.25) is 0 Å². The van der Waals surface area contributed by atoms with Crippen LogP contribution in [0.4, 0.5) is 0 Å². The summed E-state index contributed by atoms with van der Waals surface area (Å²) < 4.78 is 5.92. The molecule has 3 rings (SSSR count). The second-order valence-electron chi connectivity index (χ2n) is 6.05. The van der Waals surface area contributed by atoms with Crippen molar-refractivity contribution < 1.29 is 4.74 Å². The maximum atomic E-state index is 5.92. The van der Waals surface area contributed by atoms with Crippen molar-refractivity contribution in [3.63, 3.8) is 0 Å². The third-order valence-electron chi connectivity index (χ3n) is 3.83. The third-order valence-corrected chi connectivity index (χ3v) is 3.83. The summed E-state index contributed by atoms with van der Waals surface area (Å²) in [5, 5.41) is 0. The average molecular weight is 255 g/mol. The van der Waals surface area contributed by atoms with Crippen molar-refractivity contribution in [1.82, 2.24) is 0 Å². The highest BCUT2D eigenvalue weighted by Crippen LogP contribution is 2.31. The van der Waals surface area contributed by atoms with Gasteiger partial charge in [-0.05, 0) is 56.5 Å². The van der Waals surface area contributed by atoms with Crippen LogP contribution >= 0.6 is 0 Å². The zero-order valence-electron chi connectivity index (χ0n) is 11.7. The van der Waals surface area contributed by atoms with Crippen LogP contribution in [0.25, 0.3) is 6.08 Å². The third kappa shape index (κ3) is 2.89. The van der Waals surface area contributed by atoms with Gasteiger partial charge in [0.05, 0.1) is 0 Å². The van der Waals surface area contributed by atoms with E-state index >= 15 is 0 Å². The number of ether oxygens (including phenoxy) is 1. The second-order valence-corrected chi connectivity index (χ2v) is 6.05. The van der Waals surface area contributed by atoms with E-state index in [1.165, 1.54) is 31.2 Å². The Hall–Kier alpha value is -1.57. The molecule has 0 aromatic heterocycles. The van der Waals surface area contributed by atoms with Gasteiger partial charge in [0.1, 0.15) is 11.4 Å². The molecule has 1 saturated carbocycles. The molecule has 1 aliphatic carbocycles. The van der Waals surface area contributed by atoms with Crippen molar-refractivity contribution in [2.75, 3.05) is 0 Å². The molecule has 1 fully saturated rings. The lowest BCUT2D eigenvalue weighted by Crippen LogP contribution is -2.27. The second kappa shape index (κ2) is 4.84. The van der Waals surface area contributed by atoms with Gasteiger partial charge in [0.25, 0.3) is 0 Å². The molecule has 0 unspecified atom stereocenters. The van der Waals surface area contributed by atoms with Crippen LogP contribution in [0.5, 0.6) is 5.75 Å². The van der Waals surface area contributed by atoms with E-state index in [4.69, 9.17) is 4.74 Å². The van der Waals surface area contributed by atoms with Crippen molar-refractivity contribution in [3.8, 4) is 5.75 Å². The van der Waals surface area contributed by atoms with Crippen molar-refractivity contribution >= 4 is 12.3 Å². The summed E-state index contributed by atoms with van der Waals surface area (Å²) in [4.78, 5) is 4.68. The predicted molar refractivity (Wildman–Crippen MR) is 80.0 cm³/mol. The van der Waals surface area contributed by atoms with Gasteiger partial charge in [0.15, 0.2) is 0 Å². The zero-order chi connectivity index (χ0) is 13.3. The molecule has 0 saturated heterocycles. The average Bonchev–Trinajstić information content (AvgIpc) is 2.88. The number of benzene rings is 1. The molecular weight excluding hydrogens is 234 g/mol. The van der Waals surface area contributed by atoms with Crippen LogP contribution in [0.1, 0.15) is 50.7 Å². The van der Waals surface area contributed by atoms with Gasteiger partial charge >= 0.3 is 0 Å². The zero-order valence-corrected chi connectivity index (χ0v) is 11.7. The molecule has 1 aromatic carbocycles. The largest absolute Gasteiger partial charge is 0.483 e. The van der Waals surface area contributed by atoms with Crippen LogP contribution in [0.3, 0.4) is 0 Å². The smallest absolute Gasteiger partial charge is 0.127 e. The molecule has 19 heavy (non-hydrogen) atoms. The molecule has 1 aromatic rings. The highest BCUT2D eigenvalue weighted by Gasteiger charge is 2.21. The first kappa shape index (κ1) is 12.5. The minimum Gasteiger partial charge on any atom is -0.483 e. The molecule has 0 N–H and O–H groups in total. The van der Waals surface area contributed by atoms with E-state index < -0.39 is 0 Å². The van der Waals surface area contributed by atoms with Crippen LogP contribution < -0.4 is 4.74 Å². The molecule has 0 bridgehead atoms. The fraction of sp³-hybridized carbons (Fsp3) is 0.471. The van der Waals surface area contributed by atoms with E-state index in [0.717, 1.165) is 11.3 Å². The maximum Gasteiger partial charge on any atom is 0.127 e. The number of hydrogen-bond donors (Lipinski definition) is 0. The molecule has 0 amide bonds. The summed E-state index contributed by atoms with van der Waals surface area (Å²) in [7, 11) is 0. The molecular formula is C17H21NO. The molecule has 2 heteroatoms. The summed E-state index contributed by atoms with van der Waals surface area (Å²) in [6, 6.07) is 6.84. The Balaban J connectivity index is 1.78. The number of aliphatic imine (C=N–C) groups is 1. The number of fused-ring (bicyclic) bond motifs is 1. The van der Waals surface area contributed by atoms with Gasteiger partial charge < -0.3 is 4.74 Å². The van der Waals surface area contributed by atoms with Crippen molar-refractivity contribution in [1.29, 1.82) is 0 Å². The summed E-state index contributed by atoms with van der Waals surface area (Å²) in [5.41, 5.74) is 2.11. The molecule has 1 aliphatic heterocycles. The Labute approximate surface area is 115 Å². The van der Waals surface area contributed by atoms with E-state index in [1.807, 2.05) is 6.21 Å². The van der Waals surface area contributed by atoms with Crippen LogP contribution in [0.15, 0.2) is 29.3 Å². The highest BCUT2D eigenvalue weighted by atomic mass is 16.5. The van der Waals surface area contributed by atoms with E-state index in [1.54, 1.807) is 0 Å². The quantitative estimate of drug-likeness (QED) is 0.725. The molecule has 2 aliphatic rings. The lowest BCUT2D eigenvalue weighted by Gasteiger charge is -2.27. The highest BCUT2D eigenvalue weighted by molar-refractivity contribution is 5.82. The Kier molecular flexibility index (Phi) is 3.17. The lowest BCUT2D eigenvalue weighted by molar-refractivity contribution is 0.159. The summed E-state index contributed by atoms with van der Waals surface area (Å²) in [5.74, 6) is 0.963. The molecule has 0 radical (unpaired) electrons. The van der Waals surface area contributed by atoms with Gasteiger partial charge in [0, 0.05) is 17.8 Å². The fourth-order valence-electron chi connectivity index (χ4n) is 2.72. The summed E-state index contributed by atoms with van der Waals surface area (Å²) in [6.45, 7) is 4.14. The van der Waals surface area contributed by atoms with Crippen LogP contribution in [-0.4, -0.2) is 17.9 Å². The minimum absolute atomic E-state index is 0.202. The number of hydrogen-bond acceptors (Lipinski definition) is 2. The maximum absolute atomic E-state index is 5.92. The topological polar surface area (TPSA) is 21.6 Å². The van der Waals surface area contributed by atoms with Crippen LogP contribution in [0, 0.1) is 0 Å². The van der Waals surface area contributed by atoms with Gasteiger partial charge in [-0.2, -0.15) is 0 Å². The van der Waals surface area contributed by atoms with Crippen LogP contribution in [-0.2, 0) is 0 Å². The summed E-state index contributed by atoms with van der Waals surface area (Å²) in [6.07, 6.45) is 11.4. The Morgan fingerprint density at radius 3 is 2.84 bits per heavy atom. The van der Waals surface area contributed by atoms with E-state index in [-0.39, 0.29) is 5.60 Å². The van der Waals surface area contributed by atoms with Gasteiger partial charge in [-0.1, -0.05) is 18.9 Å². The van der Waals surface area contributed by atoms with Gasteiger partial charge in [-0.15, -0.1) is 0 Å². The van der Waals surface area contributed by atoms with Crippen molar-refractivity contribution in [2.24, 2.45) is 4.99 Å². The Bertz CT molecular complexity index is 522. The van der Waals surface area contributed by atoms with Crippen LogP contribution in [0.2, 0.25) is 0 Å². The Morgan fingerprint density at radius 2 is 2.05 bits per heavy atom. The Morgan fingerprint density at radius 1 is 1.26 bits per heavy atom. The standard InChI is InChI=1S/C17H21NO/c1-17(2)10-9-14-11-13(7-8-16(14)19-17)12-18-15-5-3-4-6-15/h7-12,15H,3-6H2,1-2H3. The molecule has 1 heterocycles. The van der Waals surface area contributed by atoms with E-state index in [2.05, 4.69) is 49.2 Å². The monoisotopic (exact) mass is 255 g/mol. The minimum atomic E-state index is -0.202. The fourth-order valence-corrected chi connectivity index (χ4v) is 2.72. The SMILES string of the molecule is CC1(C)C=Cc2cc(C=NC3CCCC3)ccc2O1. The van der Waals surface area contributed by atoms with E-state index in [0.29, 0.717) is 6.04 Å². The summed E-state index contributed by atoms with van der Waals surface area (Å²) >= 11 is 0. The first-order valence-electron chi connectivity index (χ1n) is 7.18. The molecule has 100 valence electrons. The number of nitrogens with zero attached hydrogens (tertiary/aromatic N) is 1. The van der Waals surface area contributed by atoms with Gasteiger partial charge in [-0.3, -0.25) is 4.99 Å². The number of rotatable bonds is 2. The molecule has 2 nitrogen and oxygen atoms in total. The van der Waals surface area contributed by atoms with Gasteiger partial charge in [-0.25, -0.2) is 0 Å². The first-order chi connectivity index (χ1) is 9.12. The molecule has 0 atom stereocenters. The first-order valence-corrected chi connectivity index (χ1v) is 7.18. The van der Waals surface area contributed by atoms with E-state index in [9.17, 15) is 0 Å². The molecule has 0 spiro atoms. The predicted octanol–water partition coefficient (Wildman–Crippen LogP) is 4.23.